The lowest BCUT2D eigenvalue weighted by atomic mass is 10.1. The van der Waals surface area contributed by atoms with Crippen LogP contribution >= 0.6 is 12.2 Å². The van der Waals surface area contributed by atoms with Gasteiger partial charge in [0.25, 0.3) is 0 Å². The lowest BCUT2D eigenvalue weighted by Gasteiger charge is -2.09. The van der Waals surface area contributed by atoms with Gasteiger partial charge in [-0.15, -0.1) is 0 Å². The molecule has 2 heterocycles. The second-order valence-electron chi connectivity index (χ2n) is 6.60. The van der Waals surface area contributed by atoms with Crippen molar-refractivity contribution in [3.63, 3.8) is 0 Å². The van der Waals surface area contributed by atoms with E-state index in [-0.39, 0.29) is 19.2 Å². The maximum Gasteiger partial charge on any atom is 0.240 e. The Morgan fingerprint density at radius 1 is 1.25 bits per heavy atom. The molecule has 28 heavy (non-hydrogen) atoms. The number of benzene rings is 2. The standard InChI is InChI=1S/C20H20N4O3S/c1-13-3-2-4-15(9-13)19-22-23-20(28)24(19)11-18(25)21-8-7-14-5-6-16-17(10-14)27-12-26-16/h2-6,9-10H,7-8,11-12H2,1H3,(H,21,25)(H,23,28). The third-order valence-electron chi connectivity index (χ3n) is 4.51. The summed E-state index contributed by atoms with van der Waals surface area (Å²) in [5.74, 6) is 2.04. The molecule has 0 aliphatic carbocycles. The van der Waals surface area contributed by atoms with Crippen molar-refractivity contribution in [2.24, 2.45) is 0 Å². The van der Waals surface area contributed by atoms with Gasteiger partial charge in [0.2, 0.25) is 12.7 Å². The number of rotatable bonds is 6. The van der Waals surface area contributed by atoms with Crippen molar-refractivity contribution < 1.29 is 14.3 Å². The number of nitrogens with zero attached hydrogens (tertiary/aromatic N) is 2. The molecule has 0 bridgehead atoms. The van der Waals surface area contributed by atoms with Crippen LogP contribution in [-0.2, 0) is 17.8 Å². The Hall–Kier alpha value is -3.13. The molecule has 1 amide bonds. The van der Waals surface area contributed by atoms with E-state index in [1.807, 2.05) is 49.4 Å². The second kappa shape index (κ2) is 7.85. The summed E-state index contributed by atoms with van der Waals surface area (Å²) in [6, 6.07) is 13.7. The fourth-order valence-electron chi connectivity index (χ4n) is 3.11. The summed E-state index contributed by atoms with van der Waals surface area (Å²) in [4.78, 5) is 12.4. The van der Waals surface area contributed by atoms with Gasteiger partial charge in [0, 0.05) is 12.1 Å². The summed E-state index contributed by atoms with van der Waals surface area (Å²) >= 11 is 5.30. The molecule has 0 fully saturated rings. The first-order valence-corrected chi connectivity index (χ1v) is 9.38. The van der Waals surface area contributed by atoms with Crippen molar-refractivity contribution in [2.75, 3.05) is 13.3 Å². The summed E-state index contributed by atoms with van der Waals surface area (Å²) in [6.45, 7) is 2.89. The molecule has 0 unspecified atom stereocenters. The Balaban J connectivity index is 1.38. The number of fused-ring (bicyclic) bond motifs is 1. The molecule has 0 radical (unpaired) electrons. The summed E-state index contributed by atoms with van der Waals surface area (Å²) in [5.41, 5.74) is 3.11. The van der Waals surface area contributed by atoms with Crippen molar-refractivity contribution in [3.05, 3.63) is 58.4 Å². The quantitative estimate of drug-likeness (QED) is 0.626. The van der Waals surface area contributed by atoms with Gasteiger partial charge in [-0.05, 0) is 49.3 Å². The smallest absolute Gasteiger partial charge is 0.240 e. The monoisotopic (exact) mass is 396 g/mol. The van der Waals surface area contributed by atoms with E-state index in [0.29, 0.717) is 23.6 Å². The van der Waals surface area contributed by atoms with E-state index in [2.05, 4.69) is 15.5 Å². The molecule has 7 nitrogen and oxygen atoms in total. The van der Waals surface area contributed by atoms with Gasteiger partial charge in [0.05, 0.1) is 0 Å². The molecule has 0 atom stereocenters. The van der Waals surface area contributed by atoms with Crippen molar-refractivity contribution in [2.45, 2.75) is 19.9 Å². The van der Waals surface area contributed by atoms with Gasteiger partial charge in [-0.2, -0.15) is 5.10 Å². The number of hydrogen-bond donors (Lipinski definition) is 2. The van der Waals surface area contributed by atoms with Crippen LogP contribution in [0.25, 0.3) is 11.4 Å². The van der Waals surface area contributed by atoms with Gasteiger partial charge in [0.1, 0.15) is 6.54 Å². The largest absolute Gasteiger partial charge is 0.454 e. The van der Waals surface area contributed by atoms with Crippen LogP contribution in [0.5, 0.6) is 11.5 Å². The molecule has 2 aromatic carbocycles. The summed E-state index contributed by atoms with van der Waals surface area (Å²) in [6.07, 6.45) is 0.698. The van der Waals surface area contributed by atoms with Gasteiger partial charge >= 0.3 is 0 Å². The van der Waals surface area contributed by atoms with Crippen molar-refractivity contribution >= 4 is 18.1 Å². The van der Waals surface area contributed by atoms with Crippen LogP contribution in [-0.4, -0.2) is 34.0 Å². The van der Waals surface area contributed by atoms with E-state index >= 15 is 0 Å². The average molecular weight is 396 g/mol. The first-order chi connectivity index (χ1) is 13.6. The Morgan fingerprint density at radius 3 is 2.96 bits per heavy atom. The Labute approximate surface area is 167 Å². The number of aromatic amines is 1. The molecular weight excluding hydrogens is 376 g/mol. The molecule has 1 aliphatic heterocycles. The number of aromatic nitrogens is 3. The molecule has 4 rings (SSSR count). The number of H-pyrrole nitrogens is 1. The van der Waals surface area contributed by atoms with Crippen LogP contribution in [0.4, 0.5) is 0 Å². The van der Waals surface area contributed by atoms with Crippen molar-refractivity contribution in [3.8, 4) is 22.9 Å². The zero-order chi connectivity index (χ0) is 19.5. The fourth-order valence-corrected chi connectivity index (χ4v) is 3.31. The molecular formula is C20H20N4O3S. The number of amides is 1. The number of nitrogens with one attached hydrogen (secondary N) is 2. The highest BCUT2D eigenvalue weighted by Crippen LogP contribution is 2.32. The predicted molar refractivity (Wildman–Crippen MR) is 107 cm³/mol. The van der Waals surface area contributed by atoms with E-state index in [4.69, 9.17) is 21.7 Å². The lowest BCUT2D eigenvalue weighted by Crippen LogP contribution is -2.29. The minimum atomic E-state index is -0.118. The van der Waals surface area contributed by atoms with E-state index < -0.39 is 0 Å². The molecule has 2 N–H and O–H groups in total. The van der Waals surface area contributed by atoms with Crippen LogP contribution in [0.3, 0.4) is 0 Å². The van der Waals surface area contributed by atoms with Gasteiger partial charge in [-0.1, -0.05) is 29.8 Å². The number of aryl methyl sites for hydroxylation is 1. The first-order valence-electron chi connectivity index (χ1n) is 8.97. The van der Waals surface area contributed by atoms with Crippen molar-refractivity contribution in [1.82, 2.24) is 20.1 Å². The molecule has 1 aromatic heterocycles. The molecule has 3 aromatic rings. The maximum atomic E-state index is 12.4. The summed E-state index contributed by atoms with van der Waals surface area (Å²) < 4.78 is 12.8. The predicted octanol–water partition coefficient (Wildman–Crippen LogP) is 3.00. The average Bonchev–Trinajstić information content (AvgIpc) is 3.28. The molecule has 144 valence electrons. The summed E-state index contributed by atoms with van der Waals surface area (Å²) in [7, 11) is 0. The molecule has 1 aliphatic rings. The third kappa shape index (κ3) is 3.91. The third-order valence-corrected chi connectivity index (χ3v) is 4.82. The highest BCUT2D eigenvalue weighted by molar-refractivity contribution is 7.71. The zero-order valence-corrected chi connectivity index (χ0v) is 16.2. The Morgan fingerprint density at radius 2 is 2.11 bits per heavy atom. The molecule has 0 saturated carbocycles. The molecule has 0 saturated heterocycles. The minimum absolute atomic E-state index is 0.111. The highest BCUT2D eigenvalue weighted by atomic mass is 32.1. The second-order valence-corrected chi connectivity index (χ2v) is 6.98. The number of hydrogen-bond acceptors (Lipinski definition) is 5. The van der Waals surface area contributed by atoms with Crippen LogP contribution in [0.15, 0.2) is 42.5 Å². The van der Waals surface area contributed by atoms with Crippen LogP contribution in [0.1, 0.15) is 11.1 Å². The SMILES string of the molecule is Cc1cccc(-c2n[nH]c(=S)n2CC(=O)NCCc2ccc3c(c2)OCO3)c1. The fraction of sp³-hybridized carbons (Fsp3) is 0.250. The van der Waals surface area contributed by atoms with Gasteiger partial charge in [-0.3, -0.25) is 14.5 Å². The normalized spacial score (nSPS) is 12.2. The van der Waals surface area contributed by atoms with E-state index in [1.165, 1.54) is 0 Å². The molecule has 0 spiro atoms. The van der Waals surface area contributed by atoms with Crippen molar-refractivity contribution in [1.29, 1.82) is 0 Å². The van der Waals surface area contributed by atoms with Crippen LogP contribution in [0.2, 0.25) is 0 Å². The van der Waals surface area contributed by atoms with Gasteiger partial charge in [0.15, 0.2) is 22.1 Å². The topological polar surface area (TPSA) is 81.2 Å². The first kappa shape index (κ1) is 18.2. The maximum absolute atomic E-state index is 12.4. The van der Waals surface area contributed by atoms with Crippen LogP contribution < -0.4 is 14.8 Å². The number of carbonyl (C=O) groups excluding carboxylic acids is 1. The molecule has 8 heteroatoms. The lowest BCUT2D eigenvalue weighted by molar-refractivity contribution is -0.121. The van der Waals surface area contributed by atoms with Gasteiger partial charge in [-0.25, -0.2) is 0 Å². The Bertz CT molecular complexity index is 1070. The number of ether oxygens (including phenoxy) is 2. The summed E-state index contributed by atoms with van der Waals surface area (Å²) in [5, 5.41) is 9.99. The van der Waals surface area contributed by atoms with Gasteiger partial charge < -0.3 is 14.8 Å². The Kier molecular flexibility index (Phi) is 5.12. The highest BCUT2D eigenvalue weighted by Gasteiger charge is 2.14. The van der Waals surface area contributed by atoms with E-state index in [0.717, 1.165) is 28.2 Å². The van der Waals surface area contributed by atoms with E-state index in [1.54, 1.807) is 4.57 Å². The van der Waals surface area contributed by atoms with Crippen LogP contribution in [0, 0.1) is 11.7 Å². The number of carbonyl (C=O) groups is 1. The zero-order valence-electron chi connectivity index (χ0n) is 15.4. The van der Waals surface area contributed by atoms with E-state index in [9.17, 15) is 4.79 Å². The minimum Gasteiger partial charge on any atom is -0.454 e.